The first-order valence-corrected chi connectivity index (χ1v) is 4.18. The van der Waals surface area contributed by atoms with Crippen LogP contribution in [0.1, 0.15) is 20.8 Å². The van der Waals surface area contributed by atoms with Crippen LogP contribution in [0.25, 0.3) is 0 Å². The summed E-state index contributed by atoms with van der Waals surface area (Å²) in [7, 11) is 0. The van der Waals surface area contributed by atoms with Crippen molar-refractivity contribution in [3.05, 3.63) is 0 Å². The fourth-order valence-electron chi connectivity index (χ4n) is 0.976. The number of amides is 3. The minimum Gasteiger partial charge on any atom is -0.465 e. The van der Waals surface area contributed by atoms with Crippen LogP contribution in [-0.2, 0) is 4.79 Å². The first-order chi connectivity index (χ1) is 6.64. The van der Waals surface area contributed by atoms with E-state index in [1.165, 1.54) is 0 Å². The fraction of sp³-hybridized carbons (Fsp3) is 0.625. The van der Waals surface area contributed by atoms with Gasteiger partial charge in [-0.2, -0.15) is 0 Å². The number of carboxylic acid groups (broad SMARTS) is 2. The van der Waals surface area contributed by atoms with Crippen LogP contribution < -0.4 is 10.6 Å². The molecule has 0 spiro atoms. The minimum atomic E-state index is -1.51. The first kappa shape index (κ1) is 13.2. The minimum absolute atomic E-state index is 0.710. The third-order valence-corrected chi connectivity index (χ3v) is 1.63. The van der Waals surface area contributed by atoms with E-state index in [-0.39, 0.29) is 0 Å². The molecule has 7 nitrogen and oxygen atoms in total. The second-order valence-electron chi connectivity index (χ2n) is 4.04. The third kappa shape index (κ3) is 4.84. The number of hydrogen-bond acceptors (Lipinski definition) is 3. The monoisotopic (exact) mass is 218 g/mol. The van der Waals surface area contributed by atoms with Gasteiger partial charge in [0, 0.05) is 0 Å². The summed E-state index contributed by atoms with van der Waals surface area (Å²) in [6.07, 6.45) is -2.89. The number of carbonyl (C=O) groups is 3. The van der Waals surface area contributed by atoms with E-state index in [2.05, 4.69) is 0 Å². The molecule has 0 saturated heterocycles. The quantitative estimate of drug-likeness (QED) is 0.537. The van der Waals surface area contributed by atoms with Crippen molar-refractivity contribution in [1.29, 1.82) is 0 Å². The van der Waals surface area contributed by atoms with E-state index in [0.29, 0.717) is 0 Å². The van der Waals surface area contributed by atoms with E-state index >= 15 is 0 Å². The topological polar surface area (TPSA) is 116 Å². The Morgan fingerprint density at radius 2 is 1.53 bits per heavy atom. The maximum absolute atomic E-state index is 11.3. The molecule has 0 aromatic rings. The molecule has 4 N–H and O–H groups in total. The lowest BCUT2D eigenvalue weighted by Crippen LogP contribution is -2.54. The van der Waals surface area contributed by atoms with E-state index in [1.807, 2.05) is 5.32 Å². The molecule has 1 atom stereocenters. The molecule has 0 heterocycles. The van der Waals surface area contributed by atoms with Crippen molar-refractivity contribution < 1.29 is 24.6 Å². The molecule has 3 amide bonds. The van der Waals surface area contributed by atoms with Gasteiger partial charge in [-0.05, 0) is 5.41 Å². The first-order valence-electron chi connectivity index (χ1n) is 4.18. The molecule has 15 heavy (non-hydrogen) atoms. The van der Waals surface area contributed by atoms with Gasteiger partial charge in [0.2, 0.25) is 0 Å². The Hall–Kier alpha value is -1.79. The maximum Gasteiger partial charge on any atom is 0.411 e. The summed E-state index contributed by atoms with van der Waals surface area (Å²) >= 11 is 0. The smallest absolute Gasteiger partial charge is 0.411 e. The number of imide groups is 1. The van der Waals surface area contributed by atoms with Crippen LogP contribution in [0.5, 0.6) is 0 Å². The van der Waals surface area contributed by atoms with E-state index < -0.39 is 29.6 Å². The van der Waals surface area contributed by atoms with Gasteiger partial charge in [-0.15, -0.1) is 0 Å². The normalized spacial score (nSPS) is 12.7. The zero-order valence-corrected chi connectivity index (χ0v) is 8.70. The Bertz CT molecular complexity index is 281. The lowest BCUT2D eigenvalue weighted by molar-refractivity contribution is -0.124. The molecule has 0 aromatic heterocycles. The Labute approximate surface area is 86.5 Å². The molecule has 0 aromatic carbocycles. The van der Waals surface area contributed by atoms with Gasteiger partial charge in [-0.1, -0.05) is 20.8 Å². The van der Waals surface area contributed by atoms with Gasteiger partial charge in [-0.3, -0.25) is 10.1 Å². The van der Waals surface area contributed by atoms with Crippen molar-refractivity contribution in [2.45, 2.75) is 26.8 Å². The number of hydrogen-bond donors (Lipinski definition) is 4. The van der Waals surface area contributed by atoms with E-state index in [0.717, 1.165) is 0 Å². The number of carbonyl (C=O) groups excluding carboxylic acids is 1. The van der Waals surface area contributed by atoms with Gasteiger partial charge in [0.25, 0.3) is 5.91 Å². The van der Waals surface area contributed by atoms with Crippen molar-refractivity contribution in [3.63, 3.8) is 0 Å². The average Bonchev–Trinajstić information content (AvgIpc) is 1.95. The van der Waals surface area contributed by atoms with Crippen LogP contribution in [0, 0.1) is 5.41 Å². The van der Waals surface area contributed by atoms with Gasteiger partial charge in [0.05, 0.1) is 0 Å². The van der Waals surface area contributed by atoms with E-state index in [9.17, 15) is 14.4 Å². The van der Waals surface area contributed by atoms with Crippen LogP contribution in [0.3, 0.4) is 0 Å². The summed E-state index contributed by atoms with van der Waals surface area (Å²) < 4.78 is 0. The zero-order chi connectivity index (χ0) is 12.2. The lowest BCUT2D eigenvalue weighted by atomic mass is 9.86. The second-order valence-corrected chi connectivity index (χ2v) is 4.04. The highest BCUT2D eigenvalue weighted by Gasteiger charge is 2.33. The Balaban J connectivity index is 4.71. The van der Waals surface area contributed by atoms with Crippen molar-refractivity contribution >= 4 is 18.1 Å². The second kappa shape index (κ2) is 4.63. The summed E-state index contributed by atoms with van der Waals surface area (Å²) in [5.41, 5.74) is -0.710. The van der Waals surface area contributed by atoms with Crippen LogP contribution in [0.15, 0.2) is 0 Å². The highest BCUT2D eigenvalue weighted by atomic mass is 16.4. The predicted octanol–water partition coefficient (Wildman–Crippen LogP) is 0.463. The van der Waals surface area contributed by atoms with Crippen LogP contribution in [0.2, 0.25) is 0 Å². The fourth-order valence-corrected chi connectivity index (χ4v) is 0.976. The van der Waals surface area contributed by atoms with E-state index in [4.69, 9.17) is 10.2 Å². The summed E-state index contributed by atoms with van der Waals surface area (Å²) in [5.74, 6) is -0.891. The molecular weight excluding hydrogens is 204 g/mol. The highest BCUT2D eigenvalue weighted by molar-refractivity contribution is 5.95. The summed E-state index contributed by atoms with van der Waals surface area (Å²) in [6.45, 7) is 4.86. The molecule has 0 rings (SSSR count). The SMILES string of the molecule is CC(C)(C)C(NC(=O)O)C(=O)NC(=O)O. The van der Waals surface area contributed by atoms with Crippen molar-refractivity contribution in [1.82, 2.24) is 10.6 Å². The molecule has 7 heteroatoms. The van der Waals surface area contributed by atoms with E-state index in [1.54, 1.807) is 26.1 Å². The molecule has 0 aliphatic carbocycles. The van der Waals surface area contributed by atoms with Crippen molar-refractivity contribution in [2.24, 2.45) is 5.41 Å². The Morgan fingerprint density at radius 3 is 1.80 bits per heavy atom. The third-order valence-electron chi connectivity index (χ3n) is 1.63. The zero-order valence-electron chi connectivity index (χ0n) is 8.70. The maximum atomic E-state index is 11.3. The van der Waals surface area contributed by atoms with Gasteiger partial charge in [-0.25, -0.2) is 9.59 Å². The molecule has 86 valence electrons. The van der Waals surface area contributed by atoms with Crippen LogP contribution in [-0.4, -0.2) is 34.3 Å². The standard InChI is InChI=1S/C8H14N2O5/c1-8(2,3)4(9-6(12)13)5(11)10-7(14)15/h4,9H,1-3H3,(H,10,11)(H,12,13)(H,14,15). The van der Waals surface area contributed by atoms with Gasteiger partial charge in [0.15, 0.2) is 0 Å². The largest absolute Gasteiger partial charge is 0.465 e. The molecule has 0 fully saturated rings. The lowest BCUT2D eigenvalue weighted by Gasteiger charge is -2.28. The Morgan fingerprint density at radius 1 is 1.07 bits per heavy atom. The van der Waals surface area contributed by atoms with Gasteiger partial charge < -0.3 is 15.5 Å². The Kier molecular flexibility index (Phi) is 4.07. The molecule has 0 aliphatic rings. The molecule has 0 aliphatic heterocycles. The number of nitrogens with one attached hydrogen (secondary N) is 2. The van der Waals surface area contributed by atoms with Crippen molar-refractivity contribution in [3.8, 4) is 0 Å². The van der Waals surface area contributed by atoms with Gasteiger partial charge >= 0.3 is 12.2 Å². The molecule has 1 unspecified atom stereocenters. The summed E-state index contributed by atoms with van der Waals surface area (Å²) in [4.78, 5) is 31.9. The molecular formula is C8H14N2O5. The molecule has 0 saturated carbocycles. The average molecular weight is 218 g/mol. The summed E-state index contributed by atoms with van der Waals surface area (Å²) in [5, 5.41) is 20.4. The number of rotatable bonds is 2. The van der Waals surface area contributed by atoms with Crippen molar-refractivity contribution in [2.75, 3.05) is 0 Å². The molecule has 0 bridgehead atoms. The molecule has 0 radical (unpaired) electrons. The summed E-state index contributed by atoms with van der Waals surface area (Å²) in [6, 6.07) is -1.12. The van der Waals surface area contributed by atoms with Crippen LogP contribution >= 0.6 is 0 Å². The highest BCUT2D eigenvalue weighted by Crippen LogP contribution is 2.19. The van der Waals surface area contributed by atoms with Gasteiger partial charge in [0.1, 0.15) is 6.04 Å². The predicted molar refractivity (Wildman–Crippen MR) is 50.6 cm³/mol. The van der Waals surface area contributed by atoms with Crippen LogP contribution in [0.4, 0.5) is 9.59 Å².